The molecule has 5 nitrogen and oxygen atoms in total. The van der Waals surface area contributed by atoms with Gasteiger partial charge in [-0.3, -0.25) is 9.89 Å². The van der Waals surface area contributed by atoms with Crippen LogP contribution in [0.5, 0.6) is 0 Å². The van der Waals surface area contributed by atoms with Crippen LogP contribution < -0.4 is 11.1 Å². The molecule has 18 heavy (non-hydrogen) atoms. The Bertz CT molecular complexity index is 449. The summed E-state index contributed by atoms with van der Waals surface area (Å²) in [6, 6.07) is 7.42. The molecule has 1 aliphatic rings. The van der Waals surface area contributed by atoms with E-state index in [9.17, 15) is 4.79 Å². The maximum Gasteiger partial charge on any atom is 0.328 e. The highest BCUT2D eigenvalue weighted by Crippen LogP contribution is 2.17. The van der Waals surface area contributed by atoms with Crippen molar-refractivity contribution in [2.45, 2.75) is 4.90 Å². The number of amides is 2. The van der Waals surface area contributed by atoms with Gasteiger partial charge in [-0.1, -0.05) is 0 Å². The molecule has 0 radical (unpaired) electrons. The fraction of sp³-hybridized carbons (Fsp3) is 0.273. The highest BCUT2D eigenvalue weighted by Gasteiger charge is 2.20. The lowest BCUT2D eigenvalue weighted by molar-refractivity contribution is 0.236. The summed E-state index contributed by atoms with van der Waals surface area (Å²) in [5.41, 5.74) is 6.35. The van der Waals surface area contributed by atoms with Gasteiger partial charge in [0.25, 0.3) is 0 Å². The van der Waals surface area contributed by atoms with E-state index in [1.54, 1.807) is 11.8 Å². The number of nitrogens with two attached hydrogens (primary N) is 1. The molecule has 0 fully saturated rings. The van der Waals surface area contributed by atoms with Crippen molar-refractivity contribution in [2.75, 3.05) is 24.7 Å². The summed E-state index contributed by atoms with van der Waals surface area (Å²) < 4.78 is 0. The molecule has 0 aromatic heterocycles. The molecule has 2 rings (SSSR count). The van der Waals surface area contributed by atoms with Gasteiger partial charge >= 0.3 is 6.03 Å². The van der Waals surface area contributed by atoms with E-state index >= 15 is 0 Å². The number of hydrogen-bond donors (Lipinski definition) is 2. The summed E-state index contributed by atoms with van der Waals surface area (Å²) in [6.45, 7) is 1.12. The van der Waals surface area contributed by atoms with Crippen LogP contribution in [0.4, 0.5) is 10.5 Å². The fourth-order valence-corrected chi connectivity index (χ4v) is 1.94. The quantitative estimate of drug-likeness (QED) is 0.817. The molecule has 0 atom stereocenters. The highest BCUT2D eigenvalue weighted by molar-refractivity contribution is 7.98. The zero-order chi connectivity index (χ0) is 12.3. The third kappa shape index (κ3) is 3.30. The zero-order valence-corrected chi connectivity index (χ0v) is 11.6. The van der Waals surface area contributed by atoms with Crippen molar-refractivity contribution in [2.24, 2.45) is 10.7 Å². The number of aliphatic imine (C=N–C) groups is 1. The second-order valence-corrected chi connectivity index (χ2v) is 4.43. The lowest BCUT2D eigenvalue weighted by atomic mass is 10.3. The molecular weight excluding hydrogens is 272 g/mol. The average molecular weight is 287 g/mol. The van der Waals surface area contributed by atoms with Gasteiger partial charge in [0.1, 0.15) is 0 Å². The smallest absolute Gasteiger partial charge is 0.328 e. The van der Waals surface area contributed by atoms with Crippen LogP contribution in [0, 0.1) is 0 Å². The third-order valence-electron chi connectivity index (χ3n) is 2.46. The van der Waals surface area contributed by atoms with Crippen molar-refractivity contribution >= 4 is 41.8 Å². The van der Waals surface area contributed by atoms with Gasteiger partial charge < -0.3 is 11.1 Å². The summed E-state index contributed by atoms with van der Waals surface area (Å²) in [7, 11) is 0. The number of nitrogens with one attached hydrogen (secondary N) is 1. The molecule has 7 heteroatoms. The Labute approximate surface area is 116 Å². The maximum atomic E-state index is 11.8. The standard InChI is InChI=1S/C11H14N4OS.ClH/c1-17-9-4-2-8(3-5-9)14-11(16)15-7-6-13-10(15)12;/h2-5H,6-7H2,1H3,(H2,12,13)(H,14,16);1H. The van der Waals surface area contributed by atoms with Crippen LogP contribution in [0.2, 0.25) is 0 Å². The number of rotatable bonds is 2. The fourth-order valence-electron chi connectivity index (χ4n) is 1.54. The molecule has 3 N–H and O–H groups in total. The lowest BCUT2D eigenvalue weighted by Crippen LogP contribution is -2.41. The molecule has 2 amide bonds. The normalized spacial score (nSPS) is 13.8. The number of thioether (sulfide) groups is 1. The number of nitrogens with zero attached hydrogens (tertiary/aromatic N) is 2. The Balaban J connectivity index is 0.00000162. The first-order valence-electron chi connectivity index (χ1n) is 5.23. The van der Waals surface area contributed by atoms with E-state index in [0.717, 1.165) is 10.6 Å². The Hall–Kier alpha value is -1.40. The van der Waals surface area contributed by atoms with Crippen molar-refractivity contribution in [1.29, 1.82) is 0 Å². The van der Waals surface area contributed by atoms with Crippen LogP contribution in [0.15, 0.2) is 34.2 Å². The molecule has 1 heterocycles. The van der Waals surface area contributed by atoms with Crippen molar-refractivity contribution in [3.63, 3.8) is 0 Å². The molecule has 1 aromatic rings. The minimum atomic E-state index is -0.236. The Morgan fingerprint density at radius 2 is 2.11 bits per heavy atom. The van der Waals surface area contributed by atoms with Crippen LogP contribution in [-0.4, -0.2) is 36.2 Å². The van der Waals surface area contributed by atoms with E-state index in [2.05, 4.69) is 10.3 Å². The second-order valence-electron chi connectivity index (χ2n) is 3.55. The molecular formula is C11H15ClN4OS. The molecule has 0 bridgehead atoms. The van der Waals surface area contributed by atoms with Crippen LogP contribution in [0.1, 0.15) is 0 Å². The zero-order valence-electron chi connectivity index (χ0n) is 9.92. The molecule has 98 valence electrons. The second kappa shape index (κ2) is 6.51. The SMILES string of the molecule is CSc1ccc(NC(=O)N2CCN=C2N)cc1.Cl. The number of hydrogen-bond acceptors (Lipinski definition) is 4. The van der Waals surface area contributed by atoms with Gasteiger partial charge in [0.05, 0.1) is 13.1 Å². The molecule has 0 aliphatic carbocycles. The van der Waals surface area contributed by atoms with E-state index in [1.165, 1.54) is 4.90 Å². The number of halogens is 1. The summed E-state index contributed by atoms with van der Waals surface area (Å²) in [5, 5.41) is 2.78. The van der Waals surface area contributed by atoms with E-state index in [0.29, 0.717) is 13.1 Å². The Kier molecular flexibility index (Phi) is 5.30. The van der Waals surface area contributed by atoms with Crippen LogP contribution >= 0.6 is 24.2 Å². The Morgan fingerprint density at radius 3 is 2.61 bits per heavy atom. The molecule has 0 saturated heterocycles. The van der Waals surface area contributed by atoms with Gasteiger partial charge in [0.15, 0.2) is 5.96 Å². The molecule has 0 saturated carbocycles. The Morgan fingerprint density at radius 1 is 1.44 bits per heavy atom. The molecule has 0 unspecified atom stereocenters. The van der Waals surface area contributed by atoms with Gasteiger partial charge in [-0.05, 0) is 30.5 Å². The predicted molar refractivity (Wildman–Crippen MR) is 77.7 cm³/mol. The predicted octanol–water partition coefficient (Wildman–Crippen LogP) is 1.99. The minimum Gasteiger partial charge on any atom is -0.369 e. The number of urea groups is 1. The number of carbonyl (C=O) groups is 1. The van der Waals surface area contributed by atoms with Gasteiger partial charge in [0, 0.05) is 10.6 Å². The monoisotopic (exact) mass is 286 g/mol. The molecule has 0 spiro atoms. The van der Waals surface area contributed by atoms with Crippen LogP contribution in [0.3, 0.4) is 0 Å². The number of guanidine groups is 1. The van der Waals surface area contributed by atoms with Crippen molar-refractivity contribution in [3.05, 3.63) is 24.3 Å². The topological polar surface area (TPSA) is 70.7 Å². The van der Waals surface area contributed by atoms with E-state index < -0.39 is 0 Å². The van der Waals surface area contributed by atoms with E-state index in [1.807, 2.05) is 30.5 Å². The summed E-state index contributed by atoms with van der Waals surface area (Å²) in [4.78, 5) is 18.4. The van der Waals surface area contributed by atoms with Crippen molar-refractivity contribution in [1.82, 2.24) is 4.90 Å². The van der Waals surface area contributed by atoms with Crippen LogP contribution in [0.25, 0.3) is 0 Å². The van der Waals surface area contributed by atoms with Gasteiger partial charge in [0.2, 0.25) is 0 Å². The van der Waals surface area contributed by atoms with Gasteiger partial charge in [-0.15, -0.1) is 24.2 Å². The highest BCUT2D eigenvalue weighted by atomic mass is 35.5. The third-order valence-corrected chi connectivity index (χ3v) is 3.20. The number of anilines is 1. The first-order valence-corrected chi connectivity index (χ1v) is 6.45. The summed E-state index contributed by atoms with van der Waals surface area (Å²) in [5.74, 6) is 0.281. The molecule has 1 aromatic carbocycles. The van der Waals surface area contributed by atoms with Gasteiger partial charge in [-0.2, -0.15) is 0 Å². The largest absolute Gasteiger partial charge is 0.369 e. The van der Waals surface area contributed by atoms with Crippen molar-refractivity contribution in [3.8, 4) is 0 Å². The minimum absolute atomic E-state index is 0. The van der Waals surface area contributed by atoms with E-state index in [4.69, 9.17) is 5.73 Å². The lowest BCUT2D eigenvalue weighted by Gasteiger charge is -2.16. The van der Waals surface area contributed by atoms with Gasteiger partial charge in [-0.25, -0.2) is 4.79 Å². The summed E-state index contributed by atoms with van der Waals surface area (Å²) in [6.07, 6.45) is 2.01. The molecule has 1 aliphatic heterocycles. The first-order chi connectivity index (χ1) is 8.20. The van der Waals surface area contributed by atoms with Crippen molar-refractivity contribution < 1.29 is 4.79 Å². The average Bonchev–Trinajstić information content (AvgIpc) is 2.76. The maximum absolute atomic E-state index is 11.8. The number of benzene rings is 1. The summed E-state index contributed by atoms with van der Waals surface area (Å²) >= 11 is 1.66. The van der Waals surface area contributed by atoms with Crippen LogP contribution in [-0.2, 0) is 0 Å². The first kappa shape index (κ1) is 14.7. The van der Waals surface area contributed by atoms with E-state index in [-0.39, 0.29) is 24.4 Å². The number of carbonyl (C=O) groups excluding carboxylic acids is 1.